The van der Waals surface area contributed by atoms with E-state index in [2.05, 4.69) is 18.7 Å². The number of likely N-dealkylation sites (tertiary alicyclic amines) is 1. The first-order chi connectivity index (χ1) is 8.57. The van der Waals surface area contributed by atoms with Crippen molar-refractivity contribution < 1.29 is 0 Å². The lowest BCUT2D eigenvalue weighted by Gasteiger charge is -2.52. The number of hydrogen-bond acceptors (Lipinski definition) is 2. The van der Waals surface area contributed by atoms with Crippen LogP contribution in [0.25, 0.3) is 0 Å². The second-order valence-corrected chi connectivity index (χ2v) is 7.69. The molecule has 0 aromatic carbocycles. The van der Waals surface area contributed by atoms with Crippen LogP contribution >= 0.6 is 0 Å². The molecule has 2 atom stereocenters. The summed E-state index contributed by atoms with van der Waals surface area (Å²) < 4.78 is 0. The van der Waals surface area contributed by atoms with Gasteiger partial charge in [0, 0.05) is 17.6 Å². The lowest BCUT2D eigenvalue weighted by molar-refractivity contribution is -0.0108. The third kappa shape index (κ3) is 2.12. The van der Waals surface area contributed by atoms with Crippen molar-refractivity contribution in [1.29, 1.82) is 0 Å². The predicted molar refractivity (Wildman–Crippen MR) is 76.5 cm³/mol. The lowest BCUT2D eigenvalue weighted by Crippen LogP contribution is -2.61. The molecule has 2 N–H and O–H groups in total. The fraction of sp³-hybridized carbons (Fsp3) is 1.00. The minimum absolute atomic E-state index is 0.339. The van der Waals surface area contributed by atoms with Crippen molar-refractivity contribution in [2.75, 3.05) is 13.1 Å². The van der Waals surface area contributed by atoms with Gasteiger partial charge in [0.05, 0.1) is 0 Å². The average molecular weight is 250 g/mol. The second kappa shape index (κ2) is 4.49. The van der Waals surface area contributed by atoms with E-state index >= 15 is 0 Å². The van der Waals surface area contributed by atoms with Crippen LogP contribution in [0.2, 0.25) is 0 Å². The summed E-state index contributed by atoms with van der Waals surface area (Å²) in [6, 6.07) is 0. The van der Waals surface area contributed by atoms with E-state index in [9.17, 15) is 0 Å². The van der Waals surface area contributed by atoms with Crippen LogP contribution in [0.4, 0.5) is 0 Å². The maximum Gasteiger partial charge on any atom is 0.0339 e. The van der Waals surface area contributed by atoms with Crippen molar-refractivity contribution in [2.45, 2.75) is 76.3 Å². The first-order valence-corrected chi connectivity index (χ1v) is 8.05. The number of nitrogens with two attached hydrogens (primary N) is 1. The third-order valence-corrected chi connectivity index (χ3v) is 6.00. The summed E-state index contributed by atoms with van der Waals surface area (Å²) in [5.74, 6) is 2.04. The predicted octanol–water partition coefficient (Wildman–Crippen LogP) is 3.16. The van der Waals surface area contributed by atoms with Gasteiger partial charge in [0.2, 0.25) is 0 Å². The van der Waals surface area contributed by atoms with Crippen LogP contribution in [-0.4, -0.2) is 29.1 Å². The molecule has 1 heterocycles. The van der Waals surface area contributed by atoms with Gasteiger partial charge < -0.3 is 5.73 Å². The van der Waals surface area contributed by atoms with E-state index in [1.54, 1.807) is 0 Å². The Balaban J connectivity index is 1.80. The summed E-state index contributed by atoms with van der Waals surface area (Å²) >= 11 is 0. The van der Waals surface area contributed by atoms with Crippen molar-refractivity contribution in [3.05, 3.63) is 0 Å². The van der Waals surface area contributed by atoms with Crippen molar-refractivity contribution >= 4 is 0 Å². The van der Waals surface area contributed by atoms with Crippen LogP contribution in [0.5, 0.6) is 0 Å². The fourth-order valence-corrected chi connectivity index (χ4v) is 4.88. The summed E-state index contributed by atoms with van der Waals surface area (Å²) in [5, 5.41) is 0. The van der Waals surface area contributed by atoms with Gasteiger partial charge in [-0.25, -0.2) is 0 Å². The van der Waals surface area contributed by atoms with E-state index in [4.69, 9.17) is 5.73 Å². The zero-order valence-electron chi connectivity index (χ0n) is 12.3. The largest absolute Gasteiger partial charge is 0.329 e. The van der Waals surface area contributed by atoms with Crippen LogP contribution in [0, 0.1) is 11.8 Å². The molecule has 18 heavy (non-hydrogen) atoms. The van der Waals surface area contributed by atoms with Gasteiger partial charge in [0.1, 0.15) is 0 Å². The molecule has 2 aliphatic carbocycles. The third-order valence-electron chi connectivity index (χ3n) is 6.00. The zero-order chi connectivity index (χ0) is 12.8. The van der Waals surface area contributed by atoms with E-state index in [-0.39, 0.29) is 0 Å². The number of nitrogens with zero attached hydrogens (tertiary/aromatic N) is 1. The molecular weight excluding hydrogens is 220 g/mol. The highest BCUT2D eigenvalue weighted by Crippen LogP contribution is 2.50. The second-order valence-electron chi connectivity index (χ2n) is 7.69. The Hall–Kier alpha value is -0.0800. The van der Waals surface area contributed by atoms with Crippen LogP contribution in [0.15, 0.2) is 0 Å². The Morgan fingerprint density at radius 3 is 2.39 bits per heavy atom. The topological polar surface area (TPSA) is 29.3 Å². The lowest BCUT2D eigenvalue weighted by atomic mass is 9.71. The highest BCUT2D eigenvalue weighted by Gasteiger charge is 2.49. The van der Waals surface area contributed by atoms with Crippen LogP contribution in [0.1, 0.15) is 65.2 Å². The first-order valence-electron chi connectivity index (χ1n) is 8.05. The minimum atomic E-state index is 0.339. The summed E-state index contributed by atoms with van der Waals surface area (Å²) in [5.41, 5.74) is 7.00. The molecular formula is C16H30N2. The van der Waals surface area contributed by atoms with Gasteiger partial charge in [0.15, 0.2) is 0 Å². The van der Waals surface area contributed by atoms with Gasteiger partial charge in [-0.05, 0) is 70.8 Å². The Morgan fingerprint density at radius 1 is 1.06 bits per heavy atom. The van der Waals surface area contributed by atoms with Crippen LogP contribution in [-0.2, 0) is 0 Å². The van der Waals surface area contributed by atoms with E-state index in [0.717, 1.165) is 18.4 Å². The summed E-state index contributed by atoms with van der Waals surface area (Å²) in [4.78, 5) is 2.80. The maximum atomic E-state index is 6.28. The maximum absolute atomic E-state index is 6.28. The molecule has 2 nitrogen and oxygen atoms in total. The van der Waals surface area contributed by atoms with Gasteiger partial charge in [-0.2, -0.15) is 0 Å². The summed E-state index contributed by atoms with van der Waals surface area (Å²) in [6.07, 6.45) is 11.3. The van der Waals surface area contributed by atoms with Crippen molar-refractivity contribution in [3.63, 3.8) is 0 Å². The van der Waals surface area contributed by atoms with E-state index in [1.165, 1.54) is 57.9 Å². The Kier molecular flexibility index (Phi) is 3.22. The molecule has 0 amide bonds. The van der Waals surface area contributed by atoms with Crippen molar-refractivity contribution in [3.8, 4) is 0 Å². The highest BCUT2D eigenvalue weighted by atomic mass is 15.3. The van der Waals surface area contributed by atoms with E-state index < -0.39 is 0 Å². The molecule has 3 fully saturated rings. The van der Waals surface area contributed by atoms with Gasteiger partial charge in [-0.15, -0.1) is 0 Å². The smallest absolute Gasteiger partial charge is 0.0339 e. The van der Waals surface area contributed by atoms with Crippen LogP contribution < -0.4 is 5.73 Å². The molecule has 0 spiro atoms. The standard InChI is InChI=1S/C16H30N2/c1-15(2)8-4-10-18(15)16(12-17)9-3-5-14(11-16)13-6-7-13/h13-14H,3-12,17H2,1-2H3. The van der Waals surface area contributed by atoms with Gasteiger partial charge >= 0.3 is 0 Å². The average Bonchev–Trinajstić information content (AvgIpc) is 3.14. The molecule has 0 bridgehead atoms. The van der Waals surface area contributed by atoms with E-state index in [1.807, 2.05) is 0 Å². The minimum Gasteiger partial charge on any atom is -0.329 e. The quantitative estimate of drug-likeness (QED) is 0.833. The molecule has 1 saturated heterocycles. The molecule has 0 aromatic heterocycles. The molecule has 2 heteroatoms. The summed E-state index contributed by atoms with van der Waals surface area (Å²) in [6.45, 7) is 7.01. The molecule has 104 valence electrons. The Labute approximate surface area is 112 Å². The molecule has 3 rings (SSSR count). The molecule has 0 radical (unpaired) electrons. The number of hydrogen-bond donors (Lipinski definition) is 1. The molecule has 1 aliphatic heterocycles. The molecule has 3 aliphatic rings. The molecule has 0 aromatic rings. The molecule has 2 unspecified atom stereocenters. The zero-order valence-corrected chi connectivity index (χ0v) is 12.3. The van der Waals surface area contributed by atoms with Crippen molar-refractivity contribution in [2.24, 2.45) is 17.6 Å². The first kappa shape index (κ1) is 12.9. The number of rotatable bonds is 3. The van der Waals surface area contributed by atoms with Gasteiger partial charge in [0.25, 0.3) is 0 Å². The van der Waals surface area contributed by atoms with Gasteiger partial charge in [-0.3, -0.25) is 4.90 Å². The van der Waals surface area contributed by atoms with Crippen LogP contribution in [0.3, 0.4) is 0 Å². The summed E-state index contributed by atoms with van der Waals surface area (Å²) in [7, 11) is 0. The van der Waals surface area contributed by atoms with Gasteiger partial charge in [-0.1, -0.05) is 12.8 Å². The Bertz CT molecular complexity index is 308. The Morgan fingerprint density at radius 2 is 1.83 bits per heavy atom. The molecule has 2 saturated carbocycles. The van der Waals surface area contributed by atoms with Crippen molar-refractivity contribution in [1.82, 2.24) is 4.90 Å². The normalized spacial score (nSPS) is 41.2. The SMILES string of the molecule is CC1(C)CCCN1C1(CN)CCCC(C2CC2)C1. The fourth-order valence-electron chi connectivity index (χ4n) is 4.88. The highest BCUT2D eigenvalue weighted by molar-refractivity contribution is 5.05. The van der Waals surface area contributed by atoms with E-state index in [0.29, 0.717) is 11.1 Å². The monoisotopic (exact) mass is 250 g/mol.